The van der Waals surface area contributed by atoms with Gasteiger partial charge in [-0.15, -0.1) is 22.7 Å². The van der Waals surface area contributed by atoms with E-state index in [2.05, 4.69) is 273 Å². The van der Waals surface area contributed by atoms with Crippen LogP contribution in [0.5, 0.6) is 0 Å². The fourth-order valence-corrected chi connectivity index (χ4v) is 16.1. The lowest BCUT2D eigenvalue weighted by atomic mass is 9.91. The molecule has 92 heavy (non-hydrogen) atoms. The zero-order chi connectivity index (χ0) is 60.9. The summed E-state index contributed by atoms with van der Waals surface area (Å²) in [7, 11) is 0. The Bertz CT molecular complexity index is 5710. The van der Waals surface area contributed by atoms with E-state index in [1.807, 2.05) is 83.3 Å². The second kappa shape index (κ2) is 23.5. The predicted octanol–water partition coefficient (Wildman–Crippen LogP) is 24.8. The van der Waals surface area contributed by atoms with Crippen molar-refractivity contribution in [3.8, 4) is 101 Å². The fourth-order valence-electron chi connectivity index (χ4n) is 13.4. The minimum atomic E-state index is 0.652. The molecule has 0 fully saturated rings. The Hall–Kier alpha value is -11.5. The second-order valence-corrected chi connectivity index (χ2v) is 25.3. The summed E-state index contributed by atoms with van der Waals surface area (Å²) in [5, 5.41) is 13.0. The maximum absolute atomic E-state index is 4.98. The van der Waals surface area contributed by atoms with Crippen molar-refractivity contribution in [3.05, 3.63) is 334 Å². The van der Waals surface area contributed by atoms with Gasteiger partial charge in [-0.1, -0.05) is 315 Å². The summed E-state index contributed by atoms with van der Waals surface area (Å²) >= 11 is 3.78. The topological polar surface area (TPSA) is 38.7 Å². The van der Waals surface area contributed by atoms with Crippen LogP contribution in [0.1, 0.15) is 0 Å². The molecule has 18 rings (SSSR count). The highest BCUT2D eigenvalue weighted by atomic mass is 32.1. The highest BCUT2D eigenvalue weighted by molar-refractivity contribution is 7.27. The first-order chi connectivity index (χ1) is 45.6. The Balaban J connectivity index is 0.000000142. The van der Waals surface area contributed by atoms with E-state index >= 15 is 0 Å². The van der Waals surface area contributed by atoms with E-state index in [-0.39, 0.29) is 0 Å². The lowest BCUT2D eigenvalue weighted by Gasteiger charge is -2.12. The smallest absolute Gasteiger partial charge is 0.164 e. The van der Waals surface area contributed by atoms with Crippen LogP contribution in [0.15, 0.2) is 334 Å². The van der Waals surface area contributed by atoms with Gasteiger partial charge in [-0.25, -0.2) is 15.0 Å². The highest BCUT2D eigenvalue weighted by Crippen LogP contribution is 2.47. The number of hydrogen-bond acceptors (Lipinski definition) is 5. The highest BCUT2D eigenvalue weighted by Gasteiger charge is 2.19. The molecule has 3 aromatic heterocycles. The molecular formula is C87H55N3S2. The van der Waals surface area contributed by atoms with Crippen LogP contribution in [-0.4, -0.2) is 15.0 Å². The fraction of sp³-hybridized carbons (Fsp3) is 0. The molecule has 5 heteroatoms. The summed E-state index contributed by atoms with van der Waals surface area (Å²) in [5.74, 6) is 1.97. The SMILES string of the molecule is c1ccc(-c2ccc(-c3cccc4c3sc3c(-c5cccc(-c6nc(-c7ccccc7)nc(-c7ccccc7)n6)c5)cccc34)cc2)cc1.c1ccc(-c2cccc3c2sc2c(-c4cccc(-c5ccc6c7ccccc7c7ccccc7c6c5)c4)cccc23)cc1. The Kier molecular flexibility index (Phi) is 14.0. The van der Waals surface area contributed by atoms with Crippen LogP contribution < -0.4 is 0 Å². The normalized spacial score (nSPS) is 11.5. The van der Waals surface area contributed by atoms with Gasteiger partial charge in [-0.05, 0) is 117 Å². The molecule has 0 saturated carbocycles. The summed E-state index contributed by atoms with van der Waals surface area (Å²) in [6.07, 6.45) is 0. The van der Waals surface area contributed by atoms with Gasteiger partial charge in [0, 0.05) is 57.0 Å². The van der Waals surface area contributed by atoms with Crippen molar-refractivity contribution in [2.24, 2.45) is 0 Å². The molecule has 430 valence electrons. The molecule has 0 amide bonds. The number of rotatable bonds is 9. The number of nitrogens with zero attached hydrogens (tertiary/aromatic N) is 3. The lowest BCUT2D eigenvalue weighted by molar-refractivity contribution is 1.07. The van der Waals surface area contributed by atoms with Gasteiger partial charge in [0.05, 0.1) is 0 Å². The molecule has 3 nitrogen and oxygen atoms in total. The van der Waals surface area contributed by atoms with Crippen molar-refractivity contribution in [2.45, 2.75) is 0 Å². The van der Waals surface area contributed by atoms with Crippen LogP contribution in [0.3, 0.4) is 0 Å². The molecule has 0 radical (unpaired) electrons. The predicted molar refractivity (Wildman–Crippen MR) is 393 cm³/mol. The Morgan fingerprint density at radius 2 is 0.413 bits per heavy atom. The Morgan fingerprint density at radius 1 is 0.152 bits per heavy atom. The quantitative estimate of drug-likeness (QED) is 0.135. The molecule has 18 aromatic rings. The van der Waals surface area contributed by atoms with Crippen molar-refractivity contribution in [3.63, 3.8) is 0 Å². The number of aromatic nitrogens is 3. The lowest BCUT2D eigenvalue weighted by Crippen LogP contribution is -2.00. The van der Waals surface area contributed by atoms with Crippen LogP contribution in [0, 0.1) is 0 Å². The number of benzene rings is 15. The third-order valence-electron chi connectivity index (χ3n) is 17.8. The first kappa shape index (κ1) is 54.7. The first-order valence-corrected chi connectivity index (χ1v) is 32.8. The van der Waals surface area contributed by atoms with Crippen LogP contribution >= 0.6 is 22.7 Å². The maximum Gasteiger partial charge on any atom is 0.164 e. The van der Waals surface area contributed by atoms with Crippen molar-refractivity contribution < 1.29 is 0 Å². The molecule has 0 N–H and O–H groups in total. The number of thiophene rings is 2. The van der Waals surface area contributed by atoms with Gasteiger partial charge in [0.25, 0.3) is 0 Å². The van der Waals surface area contributed by atoms with Crippen LogP contribution in [-0.2, 0) is 0 Å². The van der Waals surface area contributed by atoms with Gasteiger partial charge in [-0.3, -0.25) is 0 Å². The molecule has 0 atom stereocenters. The first-order valence-electron chi connectivity index (χ1n) is 31.1. The number of hydrogen-bond donors (Lipinski definition) is 0. The van der Waals surface area contributed by atoms with Crippen LogP contribution in [0.4, 0.5) is 0 Å². The summed E-state index contributed by atoms with van der Waals surface area (Å²) in [6, 6.07) is 119. The summed E-state index contributed by atoms with van der Waals surface area (Å²) in [5.41, 5.74) is 17.7. The Morgan fingerprint density at radius 3 is 0.870 bits per heavy atom. The molecule has 0 spiro atoms. The van der Waals surface area contributed by atoms with Crippen molar-refractivity contribution in [1.29, 1.82) is 0 Å². The second-order valence-electron chi connectivity index (χ2n) is 23.3. The summed E-state index contributed by atoms with van der Waals surface area (Å²) in [6.45, 7) is 0. The maximum atomic E-state index is 4.98. The molecule has 0 unspecified atom stereocenters. The van der Waals surface area contributed by atoms with Crippen molar-refractivity contribution >= 4 is 95.3 Å². The van der Waals surface area contributed by atoms with Gasteiger partial charge in [0.15, 0.2) is 17.5 Å². The summed E-state index contributed by atoms with van der Waals surface area (Å²) in [4.78, 5) is 14.8. The minimum absolute atomic E-state index is 0.652. The van der Waals surface area contributed by atoms with Gasteiger partial charge < -0.3 is 0 Å². The molecule has 0 saturated heterocycles. The average Bonchev–Trinajstić information content (AvgIpc) is 1.33. The molecule has 15 aromatic carbocycles. The Labute approximate surface area is 541 Å². The van der Waals surface area contributed by atoms with E-state index in [0.717, 1.165) is 22.3 Å². The molecule has 3 heterocycles. The van der Waals surface area contributed by atoms with E-state index in [0.29, 0.717) is 17.5 Å². The summed E-state index contributed by atoms with van der Waals surface area (Å²) < 4.78 is 5.26. The van der Waals surface area contributed by atoms with Crippen LogP contribution in [0.25, 0.3) is 174 Å². The van der Waals surface area contributed by atoms with E-state index in [1.165, 1.54) is 134 Å². The van der Waals surface area contributed by atoms with Crippen LogP contribution in [0.2, 0.25) is 0 Å². The number of fused-ring (bicyclic) bond motifs is 12. The monoisotopic (exact) mass is 1210 g/mol. The molecule has 0 aliphatic heterocycles. The third kappa shape index (κ3) is 9.98. The van der Waals surface area contributed by atoms with Crippen molar-refractivity contribution in [2.75, 3.05) is 0 Å². The van der Waals surface area contributed by atoms with Gasteiger partial charge >= 0.3 is 0 Å². The van der Waals surface area contributed by atoms with E-state index < -0.39 is 0 Å². The minimum Gasteiger partial charge on any atom is -0.208 e. The van der Waals surface area contributed by atoms with Gasteiger partial charge in [-0.2, -0.15) is 0 Å². The zero-order valence-electron chi connectivity index (χ0n) is 49.9. The third-order valence-corrected chi connectivity index (χ3v) is 20.4. The van der Waals surface area contributed by atoms with E-state index in [9.17, 15) is 0 Å². The molecular weight excluding hydrogens is 1150 g/mol. The average molecular weight is 1210 g/mol. The molecule has 0 aliphatic rings. The van der Waals surface area contributed by atoms with Gasteiger partial charge in [0.1, 0.15) is 0 Å². The zero-order valence-corrected chi connectivity index (χ0v) is 51.5. The largest absolute Gasteiger partial charge is 0.208 e. The standard InChI is InChI=1S/C45H29N3S.C42H26S/c1-4-13-30(14-5-1)31-25-27-32(28-26-31)37-21-11-23-39-40-24-12-22-38(42(40)49-41(37)39)35-19-10-20-36(29-35)45-47-43(33-15-6-2-7-16-33)46-44(48-45)34-17-8-3-9-18-34;1-2-11-27(12-3-1)31-19-9-21-38-39-22-10-20-32(42(39)43-41(31)38)30-14-8-13-28(25-30)29-23-24-37-35-17-5-4-15-33(35)34-16-6-7-18-36(34)40(37)26-29/h1-29H;1-26H. The molecule has 0 aliphatic carbocycles. The van der Waals surface area contributed by atoms with Gasteiger partial charge in [0.2, 0.25) is 0 Å². The van der Waals surface area contributed by atoms with E-state index in [4.69, 9.17) is 15.0 Å². The molecule has 0 bridgehead atoms. The van der Waals surface area contributed by atoms with Crippen molar-refractivity contribution in [1.82, 2.24) is 15.0 Å². The van der Waals surface area contributed by atoms with E-state index in [1.54, 1.807) is 0 Å².